The topological polar surface area (TPSA) is 210 Å². The summed E-state index contributed by atoms with van der Waals surface area (Å²) in [6.45, 7) is -0.734. The standard InChI is InChI=1S/C26H24F3N4O10PS/c27-26(28,29)17-2-1-3-19(9-17)45(40,41)18-6-4-14(5-7-18)10-31-24(36)16-8-15-12-32-33(23(15)30-11-16)25-22(35)21(34)20(43-25)13-42-44(37,38)39/h1-9,11-12,20-22,25,34-35H,10,13H2,(H,31,36)(H2,37,38,39)/t20-,21-,22-,25-/m1/s1. The molecule has 0 aliphatic carbocycles. The Balaban J connectivity index is 1.24. The minimum absolute atomic E-state index is 0.0297. The zero-order valence-corrected chi connectivity index (χ0v) is 24.4. The summed E-state index contributed by atoms with van der Waals surface area (Å²) in [5, 5.41) is 27.7. The molecule has 5 N–H and O–H groups in total. The van der Waals surface area contributed by atoms with Gasteiger partial charge < -0.3 is 30.1 Å². The van der Waals surface area contributed by atoms with E-state index in [0.29, 0.717) is 17.0 Å². The van der Waals surface area contributed by atoms with Crippen molar-refractivity contribution in [3.8, 4) is 0 Å². The number of alkyl halides is 3. The van der Waals surface area contributed by atoms with E-state index in [9.17, 15) is 41.2 Å². The molecular formula is C26H24F3N4O10PS. The third-order valence-corrected chi connectivity index (χ3v) is 9.09. The van der Waals surface area contributed by atoms with Crippen molar-refractivity contribution in [2.24, 2.45) is 0 Å². The first-order valence-electron chi connectivity index (χ1n) is 12.9. The Morgan fingerprint density at radius 2 is 1.76 bits per heavy atom. The van der Waals surface area contributed by atoms with Crippen LogP contribution in [0.5, 0.6) is 0 Å². The molecule has 3 heterocycles. The van der Waals surface area contributed by atoms with Crippen LogP contribution in [0.1, 0.15) is 27.7 Å². The number of aliphatic hydroxyl groups excluding tert-OH is 2. The highest BCUT2D eigenvalue weighted by Crippen LogP contribution is 2.39. The SMILES string of the molecule is O=C(NCc1ccc(S(=O)(=O)c2cccc(C(F)(F)F)c2)cc1)c1cnc2c(cnn2[C@@H]2O[C@H](COP(=O)(O)O)[C@@H](O)[C@H]2O)c1. The van der Waals surface area contributed by atoms with Gasteiger partial charge in [-0.25, -0.2) is 22.6 Å². The van der Waals surface area contributed by atoms with E-state index in [1.54, 1.807) is 0 Å². The number of carbonyl (C=O) groups excluding carboxylic acids is 1. The van der Waals surface area contributed by atoms with Crippen molar-refractivity contribution in [2.45, 2.75) is 47.1 Å². The number of aliphatic hydroxyl groups is 2. The van der Waals surface area contributed by atoms with Gasteiger partial charge in [0.2, 0.25) is 9.84 Å². The Kier molecular flexibility index (Phi) is 8.87. The first-order chi connectivity index (χ1) is 21.0. The van der Waals surface area contributed by atoms with Crippen LogP contribution in [0.2, 0.25) is 0 Å². The minimum atomic E-state index is -4.85. The van der Waals surface area contributed by atoms with Crippen LogP contribution in [0.15, 0.2) is 76.8 Å². The number of phosphoric acid groups is 1. The summed E-state index contributed by atoms with van der Waals surface area (Å²) in [4.78, 5) is 34.0. The molecule has 4 atom stereocenters. The minimum Gasteiger partial charge on any atom is -0.387 e. The van der Waals surface area contributed by atoms with Crippen LogP contribution in [0, 0.1) is 0 Å². The third kappa shape index (κ3) is 7.08. The molecule has 45 heavy (non-hydrogen) atoms. The van der Waals surface area contributed by atoms with Crippen molar-refractivity contribution < 1.29 is 60.2 Å². The molecule has 14 nitrogen and oxygen atoms in total. The highest BCUT2D eigenvalue weighted by molar-refractivity contribution is 7.91. The van der Waals surface area contributed by atoms with Gasteiger partial charge in [-0.1, -0.05) is 18.2 Å². The quantitative estimate of drug-likeness (QED) is 0.162. The number of phosphoric ester groups is 1. The number of halogens is 3. The first-order valence-corrected chi connectivity index (χ1v) is 15.9. The molecule has 5 rings (SSSR count). The number of rotatable bonds is 9. The zero-order valence-electron chi connectivity index (χ0n) is 22.6. The number of carbonyl (C=O) groups is 1. The fourth-order valence-electron chi connectivity index (χ4n) is 4.54. The van der Waals surface area contributed by atoms with Crippen LogP contribution in [-0.2, 0) is 36.4 Å². The Labute approximate surface area is 252 Å². The summed E-state index contributed by atoms with van der Waals surface area (Å²) in [5.41, 5.74) is -0.314. The third-order valence-electron chi connectivity index (χ3n) is 6.84. The van der Waals surface area contributed by atoms with Gasteiger partial charge >= 0.3 is 14.0 Å². The summed E-state index contributed by atoms with van der Waals surface area (Å²) in [5.74, 6) is -0.556. The highest BCUT2D eigenvalue weighted by Gasteiger charge is 2.45. The van der Waals surface area contributed by atoms with Gasteiger partial charge in [-0.2, -0.15) is 18.3 Å². The van der Waals surface area contributed by atoms with Crippen LogP contribution in [0.3, 0.4) is 0 Å². The first kappa shape index (κ1) is 32.6. The predicted octanol–water partition coefficient (Wildman–Crippen LogP) is 1.94. The number of sulfone groups is 1. The van der Waals surface area contributed by atoms with E-state index in [-0.39, 0.29) is 22.7 Å². The molecule has 240 valence electrons. The number of pyridine rings is 1. The lowest BCUT2D eigenvalue weighted by Crippen LogP contribution is -2.33. The largest absolute Gasteiger partial charge is 0.469 e. The number of hydrogen-bond acceptors (Lipinski definition) is 10. The summed E-state index contributed by atoms with van der Waals surface area (Å²) < 4.78 is 86.8. The Morgan fingerprint density at radius 3 is 2.42 bits per heavy atom. The van der Waals surface area contributed by atoms with E-state index in [1.807, 2.05) is 0 Å². The normalized spacial score (nSPS) is 20.9. The van der Waals surface area contributed by atoms with Crippen molar-refractivity contribution in [3.05, 3.63) is 83.7 Å². The van der Waals surface area contributed by atoms with Crippen molar-refractivity contribution in [2.75, 3.05) is 6.61 Å². The molecule has 1 saturated heterocycles. The molecule has 0 unspecified atom stereocenters. The number of nitrogens with one attached hydrogen (secondary N) is 1. The fraction of sp³-hybridized carbons (Fsp3) is 0.269. The van der Waals surface area contributed by atoms with E-state index >= 15 is 0 Å². The van der Waals surface area contributed by atoms with Gasteiger partial charge in [0.1, 0.15) is 18.3 Å². The molecule has 1 amide bonds. The smallest absolute Gasteiger partial charge is 0.387 e. The van der Waals surface area contributed by atoms with Crippen LogP contribution in [0.4, 0.5) is 13.2 Å². The summed E-state index contributed by atoms with van der Waals surface area (Å²) in [6, 6.07) is 10.1. The molecule has 0 saturated carbocycles. The molecule has 1 fully saturated rings. The zero-order chi connectivity index (χ0) is 32.7. The summed E-state index contributed by atoms with van der Waals surface area (Å²) >= 11 is 0. The van der Waals surface area contributed by atoms with Gasteiger partial charge in [-0.15, -0.1) is 0 Å². The van der Waals surface area contributed by atoms with Crippen molar-refractivity contribution >= 4 is 34.6 Å². The van der Waals surface area contributed by atoms with Gasteiger partial charge in [0.15, 0.2) is 11.9 Å². The lowest BCUT2D eigenvalue weighted by molar-refractivity contribution is -0.137. The molecule has 0 radical (unpaired) electrons. The van der Waals surface area contributed by atoms with E-state index in [0.717, 1.165) is 22.9 Å². The predicted molar refractivity (Wildman–Crippen MR) is 146 cm³/mol. The number of aromatic nitrogens is 3. The lowest BCUT2D eigenvalue weighted by atomic mass is 10.1. The molecule has 0 spiro atoms. The Hall–Kier alpha value is -3.74. The van der Waals surface area contributed by atoms with Gasteiger partial charge in [-0.3, -0.25) is 9.32 Å². The maximum Gasteiger partial charge on any atom is 0.469 e. The van der Waals surface area contributed by atoms with Crippen LogP contribution in [0.25, 0.3) is 11.0 Å². The second-order valence-electron chi connectivity index (χ2n) is 9.91. The second kappa shape index (κ2) is 12.2. The van der Waals surface area contributed by atoms with Crippen molar-refractivity contribution in [1.82, 2.24) is 20.1 Å². The molecule has 0 bridgehead atoms. The summed E-state index contributed by atoms with van der Waals surface area (Å²) in [6.07, 6.45) is -7.83. The van der Waals surface area contributed by atoms with Crippen molar-refractivity contribution in [1.29, 1.82) is 0 Å². The molecule has 1 aliphatic heterocycles. The number of ether oxygens (including phenoxy) is 1. The van der Waals surface area contributed by atoms with Crippen LogP contribution in [-0.4, -0.2) is 74.0 Å². The number of amides is 1. The van der Waals surface area contributed by atoms with Gasteiger partial charge in [0.25, 0.3) is 5.91 Å². The van der Waals surface area contributed by atoms with Crippen LogP contribution >= 0.6 is 7.82 Å². The van der Waals surface area contributed by atoms with Gasteiger partial charge in [0.05, 0.1) is 33.7 Å². The molecule has 4 aromatic rings. The maximum atomic E-state index is 13.0. The van der Waals surface area contributed by atoms with E-state index in [4.69, 9.17) is 14.5 Å². The number of nitrogens with zero attached hydrogens (tertiary/aromatic N) is 3. The Morgan fingerprint density at radius 1 is 1.04 bits per heavy atom. The fourth-order valence-corrected chi connectivity index (χ4v) is 6.18. The van der Waals surface area contributed by atoms with Crippen LogP contribution < -0.4 is 5.32 Å². The van der Waals surface area contributed by atoms with Gasteiger partial charge in [-0.05, 0) is 42.0 Å². The number of fused-ring (bicyclic) bond motifs is 1. The molecular weight excluding hydrogens is 648 g/mol. The number of hydrogen-bond donors (Lipinski definition) is 5. The second-order valence-corrected chi connectivity index (χ2v) is 13.1. The molecule has 19 heteroatoms. The Bertz CT molecular complexity index is 1880. The number of benzene rings is 2. The van der Waals surface area contributed by atoms with E-state index < -0.39 is 71.3 Å². The maximum absolute atomic E-state index is 13.0. The van der Waals surface area contributed by atoms with E-state index in [1.165, 1.54) is 42.7 Å². The highest BCUT2D eigenvalue weighted by atomic mass is 32.2. The van der Waals surface area contributed by atoms with Crippen molar-refractivity contribution in [3.63, 3.8) is 0 Å². The average Bonchev–Trinajstić information content (AvgIpc) is 3.53. The van der Waals surface area contributed by atoms with E-state index in [2.05, 4.69) is 19.9 Å². The molecule has 2 aromatic heterocycles. The lowest BCUT2D eigenvalue weighted by Gasteiger charge is -2.15. The average molecular weight is 673 g/mol. The molecule has 1 aliphatic rings. The molecule has 2 aromatic carbocycles. The monoisotopic (exact) mass is 672 g/mol. The van der Waals surface area contributed by atoms with Gasteiger partial charge in [0, 0.05) is 18.1 Å². The summed E-state index contributed by atoms with van der Waals surface area (Å²) in [7, 11) is -9.09.